The van der Waals surface area contributed by atoms with Crippen LogP contribution in [0.2, 0.25) is 0 Å². The maximum atomic E-state index is 9.40. The second-order valence-corrected chi connectivity index (χ2v) is 6.59. The van der Waals surface area contributed by atoms with Gasteiger partial charge in [0, 0.05) is 29.5 Å². The van der Waals surface area contributed by atoms with Gasteiger partial charge in [0.25, 0.3) is 0 Å². The van der Waals surface area contributed by atoms with E-state index in [2.05, 4.69) is 6.92 Å². The van der Waals surface area contributed by atoms with Crippen LogP contribution in [0.15, 0.2) is 18.2 Å². The quantitative estimate of drug-likeness (QED) is 0.808. The number of fused-ring (bicyclic) bond motifs is 2. The van der Waals surface area contributed by atoms with Gasteiger partial charge in [-0.3, -0.25) is 0 Å². The third kappa shape index (κ3) is 3.10. The Kier molecular flexibility index (Phi) is 5.89. The molecule has 142 valence electrons. The Morgan fingerprint density at radius 2 is 1.85 bits per heavy atom. The van der Waals surface area contributed by atoms with Crippen LogP contribution in [-0.4, -0.2) is 39.1 Å². The molecule has 5 heteroatoms. The van der Waals surface area contributed by atoms with Crippen molar-refractivity contribution in [1.82, 2.24) is 0 Å². The Morgan fingerprint density at radius 3 is 2.46 bits per heavy atom. The summed E-state index contributed by atoms with van der Waals surface area (Å²) in [4.78, 5) is 0. The summed E-state index contributed by atoms with van der Waals surface area (Å²) in [7, 11) is 5.06. The molecule has 0 saturated heterocycles. The van der Waals surface area contributed by atoms with Crippen LogP contribution in [0.5, 0.6) is 17.2 Å². The van der Waals surface area contributed by atoms with E-state index in [-0.39, 0.29) is 18.8 Å². The molecule has 1 N–H and O–H groups in total. The fourth-order valence-corrected chi connectivity index (χ4v) is 4.03. The first-order valence-electron chi connectivity index (χ1n) is 9.19. The molecular formula is C21H28O5. The van der Waals surface area contributed by atoms with E-state index < -0.39 is 0 Å². The highest BCUT2D eigenvalue weighted by Gasteiger charge is 2.34. The van der Waals surface area contributed by atoms with E-state index in [1.807, 2.05) is 18.2 Å². The van der Waals surface area contributed by atoms with E-state index in [0.717, 1.165) is 52.0 Å². The van der Waals surface area contributed by atoms with Gasteiger partial charge in [0.1, 0.15) is 17.2 Å². The smallest absolute Gasteiger partial charge is 0.136 e. The zero-order valence-corrected chi connectivity index (χ0v) is 16.0. The summed E-state index contributed by atoms with van der Waals surface area (Å²) in [6.45, 7) is 2.25. The predicted molar refractivity (Wildman–Crippen MR) is 102 cm³/mol. The minimum Gasteiger partial charge on any atom is -0.496 e. The van der Waals surface area contributed by atoms with Crippen LogP contribution in [0.25, 0.3) is 10.8 Å². The molecule has 5 nitrogen and oxygen atoms in total. The van der Waals surface area contributed by atoms with Gasteiger partial charge >= 0.3 is 0 Å². The first-order valence-corrected chi connectivity index (χ1v) is 9.19. The third-order valence-electron chi connectivity index (χ3n) is 5.08. The van der Waals surface area contributed by atoms with E-state index in [1.165, 1.54) is 0 Å². The molecule has 2 atom stereocenters. The second-order valence-electron chi connectivity index (χ2n) is 6.59. The van der Waals surface area contributed by atoms with Crippen molar-refractivity contribution in [3.63, 3.8) is 0 Å². The Balaban J connectivity index is 2.34. The van der Waals surface area contributed by atoms with Crippen molar-refractivity contribution in [3.05, 3.63) is 29.3 Å². The van der Waals surface area contributed by atoms with Crippen molar-refractivity contribution in [2.24, 2.45) is 0 Å². The normalized spacial score (nSPS) is 19.3. The number of hydrogen-bond acceptors (Lipinski definition) is 5. The van der Waals surface area contributed by atoms with Crippen LogP contribution in [0.1, 0.15) is 43.4 Å². The number of aliphatic hydroxyl groups is 1. The molecular weight excluding hydrogens is 332 g/mol. The maximum Gasteiger partial charge on any atom is 0.136 e. The SMILES string of the molecule is CCC[C@H]1O[C@H](CCO)Cc2c1c(OC)c1c(OC)cccc1c2OC. The van der Waals surface area contributed by atoms with Gasteiger partial charge in [0.2, 0.25) is 0 Å². The van der Waals surface area contributed by atoms with Gasteiger partial charge in [-0.2, -0.15) is 0 Å². The van der Waals surface area contributed by atoms with Crippen molar-refractivity contribution in [2.75, 3.05) is 27.9 Å². The summed E-state index contributed by atoms with van der Waals surface area (Å²) in [6.07, 6.45) is 3.08. The monoisotopic (exact) mass is 360 g/mol. The lowest BCUT2D eigenvalue weighted by molar-refractivity contribution is -0.0413. The Hall–Kier alpha value is -1.98. The standard InChI is InChI=1S/C21H28O5/c1-5-7-17-19-15(12-13(26-17)10-11-22)20(24-3)14-8-6-9-16(23-2)18(14)21(19)25-4/h6,8-9,13,17,22H,5,7,10-12H2,1-4H3/t13-,17-/m1/s1. The molecule has 0 aliphatic carbocycles. The maximum absolute atomic E-state index is 9.40. The van der Waals surface area contributed by atoms with E-state index in [9.17, 15) is 5.11 Å². The van der Waals surface area contributed by atoms with Gasteiger partial charge in [-0.1, -0.05) is 25.5 Å². The molecule has 0 fully saturated rings. The highest BCUT2D eigenvalue weighted by atomic mass is 16.5. The molecule has 0 spiro atoms. The summed E-state index contributed by atoms with van der Waals surface area (Å²) in [5.41, 5.74) is 2.17. The van der Waals surface area contributed by atoms with Crippen LogP contribution >= 0.6 is 0 Å². The minimum atomic E-state index is -0.0848. The molecule has 2 aromatic carbocycles. The zero-order valence-electron chi connectivity index (χ0n) is 16.0. The summed E-state index contributed by atoms with van der Waals surface area (Å²) in [5.74, 6) is 2.41. The molecule has 1 aliphatic heterocycles. The van der Waals surface area contributed by atoms with Crippen LogP contribution < -0.4 is 14.2 Å². The van der Waals surface area contributed by atoms with Crippen LogP contribution in [0, 0.1) is 0 Å². The minimum absolute atomic E-state index is 0.0225. The van der Waals surface area contributed by atoms with Gasteiger partial charge in [0.15, 0.2) is 0 Å². The number of hydrogen-bond donors (Lipinski definition) is 1. The Morgan fingerprint density at radius 1 is 1.08 bits per heavy atom. The summed E-state index contributed by atoms with van der Waals surface area (Å²) in [5, 5.41) is 11.3. The third-order valence-corrected chi connectivity index (χ3v) is 5.08. The van der Waals surface area contributed by atoms with Gasteiger partial charge in [-0.25, -0.2) is 0 Å². The molecule has 3 rings (SSSR count). The molecule has 0 aromatic heterocycles. The van der Waals surface area contributed by atoms with E-state index in [0.29, 0.717) is 12.8 Å². The van der Waals surface area contributed by atoms with E-state index in [1.54, 1.807) is 21.3 Å². The number of methoxy groups -OCH3 is 3. The van der Waals surface area contributed by atoms with Crippen molar-refractivity contribution < 1.29 is 24.1 Å². The van der Waals surface area contributed by atoms with Crippen LogP contribution in [-0.2, 0) is 11.2 Å². The van der Waals surface area contributed by atoms with Crippen LogP contribution in [0.4, 0.5) is 0 Å². The average molecular weight is 360 g/mol. The molecule has 1 heterocycles. The van der Waals surface area contributed by atoms with E-state index in [4.69, 9.17) is 18.9 Å². The highest BCUT2D eigenvalue weighted by molar-refractivity contribution is 6.00. The van der Waals surface area contributed by atoms with Crippen molar-refractivity contribution in [3.8, 4) is 17.2 Å². The van der Waals surface area contributed by atoms with Gasteiger partial charge in [-0.05, 0) is 18.9 Å². The number of aliphatic hydroxyl groups excluding tert-OH is 1. The van der Waals surface area contributed by atoms with E-state index >= 15 is 0 Å². The summed E-state index contributed by atoms with van der Waals surface area (Å²) in [6, 6.07) is 5.93. The number of ether oxygens (including phenoxy) is 4. The van der Waals surface area contributed by atoms with Crippen molar-refractivity contribution >= 4 is 10.8 Å². The van der Waals surface area contributed by atoms with Gasteiger partial charge in [-0.15, -0.1) is 0 Å². The molecule has 0 radical (unpaired) electrons. The molecule has 0 saturated carbocycles. The lowest BCUT2D eigenvalue weighted by Crippen LogP contribution is -2.28. The molecule has 0 bridgehead atoms. The lowest BCUT2D eigenvalue weighted by Gasteiger charge is -2.35. The summed E-state index contributed by atoms with van der Waals surface area (Å²) >= 11 is 0. The first kappa shape index (κ1) is 18.8. The van der Waals surface area contributed by atoms with Crippen molar-refractivity contribution in [2.45, 2.75) is 44.8 Å². The van der Waals surface area contributed by atoms with Gasteiger partial charge < -0.3 is 24.1 Å². The predicted octanol–water partition coefficient (Wildman–Crippen LogP) is 4.03. The average Bonchev–Trinajstić information content (AvgIpc) is 2.66. The molecule has 1 aliphatic rings. The molecule has 0 unspecified atom stereocenters. The molecule has 2 aromatic rings. The molecule has 26 heavy (non-hydrogen) atoms. The van der Waals surface area contributed by atoms with Crippen molar-refractivity contribution in [1.29, 1.82) is 0 Å². The lowest BCUT2D eigenvalue weighted by atomic mass is 9.86. The fraction of sp³-hybridized carbons (Fsp3) is 0.524. The second kappa shape index (κ2) is 8.14. The Labute approximate surface area is 154 Å². The largest absolute Gasteiger partial charge is 0.496 e. The Bertz CT molecular complexity index is 771. The van der Waals surface area contributed by atoms with Gasteiger partial charge in [0.05, 0.1) is 38.9 Å². The fourth-order valence-electron chi connectivity index (χ4n) is 4.03. The zero-order chi connectivity index (χ0) is 18.7. The number of benzene rings is 2. The molecule has 0 amide bonds. The first-order chi connectivity index (χ1) is 12.7. The van der Waals surface area contributed by atoms with Crippen LogP contribution in [0.3, 0.4) is 0 Å². The number of rotatable bonds is 7. The topological polar surface area (TPSA) is 57.2 Å². The summed E-state index contributed by atoms with van der Waals surface area (Å²) < 4.78 is 23.7. The highest BCUT2D eigenvalue weighted by Crippen LogP contribution is 2.51.